The van der Waals surface area contributed by atoms with E-state index in [1.54, 1.807) is 4.90 Å². The third kappa shape index (κ3) is 4.09. The van der Waals surface area contributed by atoms with Crippen LogP contribution in [0, 0.1) is 0 Å². The van der Waals surface area contributed by atoms with Gasteiger partial charge in [0, 0.05) is 24.1 Å². The van der Waals surface area contributed by atoms with Gasteiger partial charge in [0.05, 0.1) is 23.8 Å². The van der Waals surface area contributed by atoms with E-state index in [4.69, 9.17) is 11.6 Å². The highest BCUT2D eigenvalue weighted by atomic mass is 35.5. The lowest BCUT2D eigenvalue weighted by Crippen LogP contribution is -3.11. The molecule has 3 rings (SSSR count). The Labute approximate surface area is 136 Å². The maximum Gasteiger partial charge on any atom is 0.103 e. The monoisotopic (exact) mass is 314 g/mol. The Bertz CT molecular complexity index is 630. The van der Waals surface area contributed by atoms with Crippen LogP contribution in [-0.2, 0) is 6.54 Å². The van der Waals surface area contributed by atoms with Crippen LogP contribution in [0.2, 0.25) is 5.02 Å². The number of nitrogens with zero attached hydrogens (tertiary/aromatic N) is 1. The van der Waals surface area contributed by atoms with E-state index in [2.05, 4.69) is 40.9 Å². The van der Waals surface area contributed by atoms with E-state index in [0.29, 0.717) is 5.02 Å². The van der Waals surface area contributed by atoms with Gasteiger partial charge in [-0.25, -0.2) is 0 Å². The van der Waals surface area contributed by atoms with Crippen LogP contribution in [0.25, 0.3) is 0 Å². The number of nitrogens with one attached hydrogen (secondary N) is 2. The third-order valence-corrected chi connectivity index (χ3v) is 4.37. The number of para-hydroxylation sites is 1. The molecule has 22 heavy (non-hydrogen) atoms. The topological polar surface area (TPSA) is 28.8 Å². The molecule has 0 atom stereocenters. The van der Waals surface area contributed by atoms with Crippen LogP contribution in [-0.4, -0.2) is 18.8 Å². The second-order valence-corrected chi connectivity index (χ2v) is 6.09. The van der Waals surface area contributed by atoms with Crippen molar-refractivity contribution in [1.82, 2.24) is 0 Å². The van der Waals surface area contributed by atoms with Crippen molar-refractivity contribution in [1.29, 1.82) is 0 Å². The SMILES string of the molecule is Clc1ccccc1NN=C1CC[NH+](Cc2ccccc2)CC1. The van der Waals surface area contributed by atoms with Gasteiger partial charge in [0.25, 0.3) is 0 Å². The van der Waals surface area contributed by atoms with Gasteiger partial charge in [-0.3, -0.25) is 5.43 Å². The number of quaternary nitrogens is 1. The Morgan fingerprint density at radius 3 is 2.36 bits per heavy atom. The Hall–Kier alpha value is -1.84. The molecule has 3 nitrogen and oxygen atoms in total. The number of likely N-dealkylation sites (tertiary alicyclic amines) is 1. The summed E-state index contributed by atoms with van der Waals surface area (Å²) in [5, 5.41) is 5.23. The van der Waals surface area contributed by atoms with E-state index >= 15 is 0 Å². The summed E-state index contributed by atoms with van der Waals surface area (Å²) in [5.74, 6) is 0. The maximum atomic E-state index is 6.12. The number of hydrazone groups is 1. The number of piperidine rings is 1. The van der Waals surface area contributed by atoms with Crippen molar-refractivity contribution in [2.75, 3.05) is 18.5 Å². The Morgan fingerprint density at radius 2 is 1.64 bits per heavy atom. The minimum atomic E-state index is 0.707. The Morgan fingerprint density at radius 1 is 0.955 bits per heavy atom. The maximum absolute atomic E-state index is 6.12. The summed E-state index contributed by atoms with van der Waals surface area (Å²) in [6, 6.07) is 18.4. The quantitative estimate of drug-likeness (QED) is 0.835. The smallest absolute Gasteiger partial charge is 0.103 e. The zero-order valence-electron chi connectivity index (χ0n) is 12.6. The van der Waals surface area contributed by atoms with Gasteiger partial charge in [-0.1, -0.05) is 54.1 Å². The van der Waals surface area contributed by atoms with Crippen LogP contribution in [0.4, 0.5) is 5.69 Å². The zero-order valence-corrected chi connectivity index (χ0v) is 13.3. The lowest BCUT2D eigenvalue weighted by molar-refractivity contribution is -0.914. The van der Waals surface area contributed by atoms with E-state index in [0.717, 1.165) is 38.2 Å². The molecular weight excluding hydrogens is 294 g/mol. The van der Waals surface area contributed by atoms with Crippen molar-refractivity contribution in [2.24, 2.45) is 5.10 Å². The van der Waals surface area contributed by atoms with Gasteiger partial charge in [0.1, 0.15) is 6.54 Å². The zero-order chi connectivity index (χ0) is 15.2. The van der Waals surface area contributed by atoms with Gasteiger partial charge in [0.2, 0.25) is 0 Å². The fourth-order valence-corrected chi connectivity index (χ4v) is 2.93. The lowest BCUT2D eigenvalue weighted by Gasteiger charge is -2.24. The summed E-state index contributed by atoms with van der Waals surface area (Å²) in [5.41, 5.74) is 6.61. The van der Waals surface area contributed by atoms with Gasteiger partial charge in [-0.2, -0.15) is 5.10 Å². The molecule has 0 saturated carbocycles. The number of hydrogen-bond donors (Lipinski definition) is 2. The average molecular weight is 315 g/mol. The lowest BCUT2D eigenvalue weighted by atomic mass is 10.1. The summed E-state index contributed by atoms with van der Waals surface area (Å²) in [7, 11) is 0. The van der Waals surface area contributed by atoms with Gasteiger partial charge in [-0.15, -0.1) is 0 Å². The molecule has 1 saturated heterocycles. The second-order valence-electron chi connectivity index (χ2n) is 5.68. The number of benzene rings is 2. The van der Waals surface area contributed by atoms with E-state index in [9.17, 15) is 0 Å². The predicted octanol–water partition coefficient (Wildman–Crippen LogP) is 2.99. The molecule has 0 spiro atoms. The largest absolute Gasteiger partial charge is 0.331 e. The molecule has 0 unspecified atom stereocenters. The van der Waals surface area contributed by atoms with Crippen LogP contribution < -0.4 is 10.3 Å². The molecule has 0 radical (unpaired) electrons. The standard InChI is InChI=1S/C18H20ClN3/c19-17-8-4-5-9-18(17)21-20-16-10-12-22(13-11-16)14-15-6-2-1-3-7-15/h1-9,21H,10-14H2/p+1. The highest BCUT2D eigenvalue weighted by molar-refractivity contribution is 6.33. The van der Waals surface area contributed by atoms with E-state index in [1.807, 2.05) is 24.3 Å². The molecule has 2 aromatic carbocycles. The Balaban J connectivity index is 1.51. The van der Waals surface area contributed by atoms with Crippen LogP contribution in [0.1, 0.15) is 18.4 Å². The van der Waals surface area contributed by atoms with Crippen molar-refractivity contribution < 1.29 is 4.90 Å². The third-order valence-electron chi connectivity index (χ3n) is 4.04. The number of rotatable bonds is 4. The molecule has 1 aliphatic heterocycles. The summed E-state index contributed by atoms with van der Waals surface area (Å²) < 4.78 is 0. The molecule has 1 heterocycles. The highest BCUT2D eigenvalue weighted by Gasteiger charge is 2.18. The van der Waals surface area contributed by atoms with Crippen molar-refractivity contribution in [3.63, 3.8) is 0 Å². The Kier molecular flexibility index (Phi) is 5.09. The minimum Gasteiger partial charge on any atom is -0.331 e. The molecule has 0 bridgehead atoms. The molecule has 1 aliphatic rings. The molecule has 2 aromatic rings. The highest BCUT2D eigenvalue weighted by Crippen LogP contribution is 2.20. The normalized spacial score (nSPS) is 18.0. The fourth-order valence-electron chi connectivity index (χ4n) is 2.76. The van der Waals surface area contributed by atoms with E-state index in [1.165, 1.54) is 11.3 Å². The summed E-state index contributed by atoms with van der Waals surface area (Å²) in [6.07, 6.45) is 2.08. The number of hydrogen-bond acceptors (Lipinski definition) is 2. The van der Waals surface area contributed by atoms with E-state index in [-0.39, 0.29) is 0 Å². The first-order chi connectivity index (χ1) is 10.8. The first-order valence-corrected chi connectivity index (χ1v) is 8.12. The van der Waals surface area contributed by atoms with Gasteiger partial charge in [-0.05, 0) is 12.1 Å². The van der Waals surface area contributed by atoms with Crippen LogP contribution in [0.15, 0.2) is 59.7 Å². The predicted molar refractivity (Wildman–Crippen MR) is 92.6 cm³/mol. The fraction of sp³-hybridized carbons (Fsp3) is 0.278. The first-order valence-electron chi connectivity index (χ1n) is 7.75. The van der Waals surface area contributed by atoms with E-state index < -0.39 is 0 Å². The molecule has 2 N–H and O–H groups in total. The summed E-state index contributed by atoms with van der Waals surface area (Å²) in [4.78, 5) is 1.63. The molecule has 4 heteroatoms. The average Bonchev–Trinajstić information content (AvgIpc) is 2.56. The molecule has 114 valence electrons. The first kappa shape index (κ1) is 15.1. The van der Waals surface area contributed by atoms with Crippen LogP contribution >= 0.6 is 11.6 Å². The van der Waals surface area contributed by atoms with Crippen LogP contribution in [0.5, 0.6) is 0 Å². The van der Waals surface area contributed by atoms with Crippen LogP contribution in [0.3, 0.4) is 0 Å². The van der Waals surface area contributed by atoms with Gasteiger partial charge in [0.15, 0.2) is 0 Å². The summed E-state index contributed by atoms with van der Waals surface area (Å²) >= 11 is 6.12. The van der Waals surface area contributed by atoms with Crippen molar-refractivity contribution >= 4 is 23.0 Å². The summed E-state index contributed by atoms with van der Waals surface area (Å²) in [6.45, 7) is 3.38. The second kappa shape index (κ2) is 7.43. The van der Waals surface area contributed by atoms with Gasteiger partial charge < -0.3 is 4.90 Å². The molecule has 0 amide bonds. The molecule has 0 aliphatic carbocycles. The molecule has 1 fully saturated rings. The number of anilines is 1. The molecular formula is C18H21ClN3+. The van der Waals surface area contributed by atoms with Crippen molar-refractivity contribution in [2.45, 2.75) is 19.4 Å². The molecule has 0 aromatic heterocycles. The number of halogens is 1. The van der Waals surface area contributed by atoms with Gasteiger partial charge >= 0.3 is 0 Å². The van der Waals surface area contributed by atoms with Crippen molar-refractivity contribution in [3.05, 3.63) is 65.2 Å². The van der Waals surface area contributed by atoms with Crippen molar-refractivity contribution in [3.8, 4) is 0 Å². The minimum absolute atomic E-state index is 0.707.